The van der Waals surface area contributed by atoms with E-state index in [4.69, 9.17) is 10.3 Å². The van der Waals surface area contributed by atoms with E-state index in [1.54, 1.807) is 6.92 Å². The first-order valence-corrected chi connectivity index (χ1v) is 2.75. The molecule has 0 aromatic carbocycles. The second-order valence-electron chi connectivity index (χ2n) is 1.85. The maximum absolute atomic E-state index is 5.52. The molecule has 1 heterocycles. The minimum atomic E-state index is 0.562. The van der Waals surface area contributed by atoms with Gasteiger partial charge in [0.05, 0.1) is 5.69 Å². The SMILES string of the molecule is [CH2]Cc1onc(C)c1N. The summed E-state index contributed by atoms with van der Waals surface area (Å²) in [5.74, 6) is 0.674. The minimum absolute atomic E-state index is 0.562. The average molecular weight is 125 g/mol. The largest absolute Gasteiger partial charge is 0.394 e. The lowest BCUT2D eigenvalue weighted by molar-refractivity contribution is 0.387. The molecule has 0 aliphatic heterocycles. The number of nitrogen functional groups attached to an aromatic ring is 1. The molecule has 0 saturated heterocycles. The summed E-state index contributed by atoms with van der Waals surface area (Å²) in [5.41, 5.74) is 6.89. The summed E-state index contributed by atoms with van der Waals surface area (Å²) in [6, 6.07) is 0. The molecule has 1 rings (SSSR count). The molecule has 0 aliphatic rings. The predicted molar refractivity (Wildman–Crippen MR) is 34.7 cm³/mol. The molecule has 1 aromatic heterocycles. The fourth-order valence-corrected chi connectivity index (χ4v) is 0.604. The van der Waals surface area contributed by atoms with Gasteiger partial charge in [-0.1, -0.05) is 5.16 Å². The van der Waals surface area contributed by atoms with E-state index in [-0.39, 0.29) is 0 Å². The van der Waals surface area contributed by atoms with Crippen molar-refractivity contribution < 1.29 is 4.52 Å². The molecule has 3 heteroatoms. The number of nitrogens with zero attached hydrogens (tertiary/aromatic N) is 1. The van der Waals surface area contributed by atoms with Crippen molar-refractivity contribution in [3.63, 3.8) is 0 Å². The number of hydrogen-bond donors (Lipinski definition) is 1. The van der Waals surface area contributed by atoms with Crippen LogP contribution in [-0.2, 0) is 6.42 Å². The summed E-state index contributed by atoms with van der Waals surface area (Å²) >= 11 is 0. The monoisotopic (exact) mass is 125 g/mol. The van der Waals surface area contributed by atoms with Crippen LogP contribution in [0.2, 0.25) is 0 Å². The third-order valence-electron chi connectivity index (χ3n) is 1.21. The summed E-state index contributed by atoms with van der Waals surface area (Å²) in [7, 11) is 0. The molecule has 0 saturated carbocycles. The lowest BCUT2D eigenvalue weighted by Crippen LogP contribution is -1.89. The van der Waals surface area contributed by atoms with E-state index in [9.17, 15) is 0 Å². The summed E-state index contributed by atoms with van der Waals surface area (Å²) in [6.07, 6.45) is 0.562. The van der Waals surface area contributed by atoms with E-state index in [0.29, 0.717) is 17.9 Å². The number of anilines is 1. The van der Waals surface area contributed by atoms with Crippen molar-refractivity contribution in [1.82, 2.24) is 5.16 Å². The Morgan fingerprint density at radius 1 is 1.78 bits per heavy atom. The Labute approximate surface area is 53.8 Å². The van der Waals surface area contributed by atoms with Crippen molar-refractivity contribution in [2.45, 2.75) is 13.3 Å². The Hall–Kier alpha value is -0.990. The Kier molecular flexibility index (Phi) is 1.42. The van der Waals surface area contributed by atoms with Crippen molar-refractivity contribution in [2.75, 3.05) is 5.73 Å². The lowest BCUT2D eigenvalue weighted by atomic mass is 10.3. The summed E-state index contributed by atoms with van der Waals surface area (Å²) < 4.78 is 4.81. The summed E-state index contributed by atoms with van der Waals surface area (Å²) in [5, 5.41) is 3.65. The zero-order valence-corrected chi connectivity index (χ0v) is 5.35. The standard InChI is InChI=1S/C6H9N2O/c1-3-5-6(7)4(2)8-9-5/h1,3,7H2,2H3. The van der Waals surface area contributed by atoms with Gasteiger partial charge >= 0.3 is 0 Å². The van der Waals surface area contributed by atoms with Crippen LogP contribution >= 0.6 is 0 Å². The molecule has 0 spiro atoms. The van der Waals surface area contributed by atoms with E-state index in [1.807, 2.05) is 0 Å². The number of nitrogens with two attached hydrogens (primary N) is 1. The van der Waals surface area contributed by atoms with Gasteiger partial charge in [-0.15, -0.1) is 0 Å². The van der Waals surface area contributed by atoms with E-state index in [2.05, 4.69) is 12.1 Å². The normalized spacial score (nSPS) is 10.0. The summed E-state index contributed by atoms with van der Waals surface area (Å²) in [6.45, 7) is 5.42. The van der Waals surface area contributed by atoms with E-state index in [1.165, 1.54) is 0 Å². The van der Waals surface area contributed by atoms with Crippen LogP contribution in [0.3, 0.4) is 0 Å². The molecule has 2 N–H and O–H groups in total. The van der Waals surface area contributed by atoms with Gasteiger partial charge in [0.25, 0.3) is 0 Å². The highest BCUT2D eigenvalue weighted by Gasteiger charge is 2.04. The van der Waals surface area contributed by atoms with E-state index < -0.39 is 0 Å². The highest BCUT2D eigenvalue weighted by atomic mass is 16.5. The fraction of sp³-hybridized carbons (Fsp3) is 0.333. The Morgan fingerprint density at radius 2 is 2.44 bits per heavy atom. The quantitative estimate of drug-likeness (QED) is 0.607. The van der Waals surface area contributed by atoms with Gasteiger partial charge in [-0.2, -0.15) is 0 Å². The smallest absolute Gasteiger partial charge is 0.159 e. The van der Waals surface area contributed by atoms with Gasteiger partial charge in [-0.05, 0) is 13.8 Å². The first kappa shape index (κ1) is 6.13. The molecule has 0 aliphatic carbocycles. The highest BCUT2D eigenvalue weighted by Crippen LogP contribution is 2.14. The first-order chi connectivity index (χ1) is 4.25. The van der Waals surface area contributed by atoms with Crippen LogP contribution in [-0.4, -0.2) is 5.16 Å². The van der Waals surface area contributed by atoms with E-state index >= 15 is 0 Å². The highest BCUT2D eigenvalue weighted by molar-refractivity contribution is 5.45. The van der Waals surface area contributed by atoms with Gasteiger partial charge in [0.1, 0.15) is 5.69 Å². The Morgan fingerprint density at radius 3 is 2.67 bits per heavy atom. The van der Waals surface area contributed by atoms with Crippen molar-refractivity contribution in [2.24, 2.45) is 0 Å². The maximum atomic E-state index is 5.52. The fourth-order valence-electron chi connectivity index (χ4n) is 0.604. The molecule has 0 unspecified atom stereocenters. The number of rotatable bonds is 1. The van der Waals surface area contributed by atoms with Crippen molar-refractivity contribution in [3.8, 4) is 0 Å². The van der Waals surface area contributed by atoms with Crippen LogP contribution in [0.1, 0.15) is 11.5 Å². The van der Waals surface area contributed by atoms with Crippen LogP contribution in [0.4, 0.5) is 5.69 Å². The Bertz CT molecular complexity index is 205. The van der Waals surface area contributed by atoms with Gasteiger partial charge in [-0.3, -0.25) is 0 Å². The molecule has 3 nitrogen and oxygen atoms in total. The molecule has 9 heavy (non-hydrogen) atoms. The van der Waals surface area contributed by atoms with Gasteiger partial charge in [0.2, 0.25) is 0 Å². The summed E-state index contributed by atoms with van der Waals surface area (Å²) in [4.78, 5) is 0. The van der Waals surface area contributed by atoms with Crippen molar-refractivity contribution in [3.05, 3.63) is 18.4 Å². The maximum Gasteiger partial charge on any atom is 0.159 e. The predicted octanol–water partition coefficient (Wildman–Crippen LogP) is 0.942. The lowest BCUT2D eigenvalue weighted by Gasteiger charge is -1.86. The second kappa shape index (κ2) is 2.09. The molecule has 1 aromatic rings. The van der Waals surface area contributed by atoms with Crippen molar-refractivity contribution >= 4 is 5.69 Å². The zero-order chi connectivity index (χ0) is 6.85. The van der Waals surface area contributed by atoms with Gasteiger partial charge in [-0.25, -0.2) is 0 Å². The van der Waals surface area contributed by atoms with Crippen LogP contribution in [0.15, 0.2) is 4.52 Å². The number of hydrogen-bond acceptors (Lipinski definition) is 3. The first-order valence-electron chi connectivity index (χ1n) is 2.75. The van der Waals surface area contributed by atoms with Gasteiger partial charge in [0, 0.05) is 6.42 Å². The van der Waals surface area contributed by atoms with Crippen LogP contribution in [0.5, 0.6) is 0 Å². The molecule has 0 amide bonds. The van der Waals surface area contributed by atoms with Gasteiger partial charge < -0.3 is 10.3 Å². The topological polar surface area (TPSA) is 52.0 Å². The molecule has 0 bridgehead atoms. The van der Waals surface area contributed by atoms with Crippen LogP contribution in [0.25, 0.3) is 0 Å². The third-order valence-corrected chi connectivity index (χ3v) is 1.21. The molecule has 49 valence electrons. The minimum Gasteiger partial charge on any atom is -0.394 e. The molecular formula is C6H9N2O. The van der Waals surface area contributed by atoms with Crippen LogP contribution in [0, 0.1) is 13.8 Å². The molecular weight excluding hydrogens is 116 g/mol. The molecule has 0 fully saturated rings. The molecule has 0 atom stereocenters. The van der Waals surface area contributed by atoms with Crippen LogP contribution < -0.4 is 5.73 Å². The van der Waals surface area contributed by atoms with Crippen molar-refractivity contribution in [1.29, 1.82) is 0 Å². The third kappa shape index (κ3) is 0.896. The Balaban J connectivity index is 3.04. The molecule has 1 radical (unpaired) electrons. The zero-order valence-electron chi connectivity index (χ0n) is 5.35. The van der Waals surface area contributed by atoms with E-state index in [0.717, 1.165) is 5.69 Å². The number of aromatic nitrogens is 1. The van der Waals surface area contributed by atoms with Gasteiger partial charge in [0.15, 0.2) is 5.76 Å². The second-order valence-corrected chi connectivity index (χ2v) is 1.85. The number of aryl methyl sites for hydroxylation is 1. The average Bonchev–Trinajstić information content (AvgIpc) is 2.15.